The Bertz CT molecular complexity index is 478. The normalized spacial score (nSPS) is 10.4. The molecule has 0 spiro atoms. The van der Waals surface area contributed by atoms with Crippen molar-refractivity contribution in [2.45, 2.75) is 6.54 Å². The Labute approximate surface area is 92.9 Å². The van der Waals surface area contributed by atoms with E-state index in [1.807, 2.05) is 18.0 Å². The molecule has 0 saturated heterocycles. The molecular formula is C9H13N7. The molecule has 2 rings (SSSR count). The Kier molecular flexibility index (Phi) is 2.67. The SMILES string of the molecule is CN(Cc1nnn(C)n1)c1ccncc1N. The molecule has 0 saturated carbocycles. The van der Waals surface area contributed by atoms with Crippen LogP contribution in [0.25, 0.3) is 0 Å². The molecule has 0 aliphatic rings. The number of nitrogens with zero attached hydrogens (tertiary/aromatic N) is 6. The van der Waals surface area contributed by atoms with Crippen molar-refractivity contribution in [3.63, 3.8) is 0 Å². The number of pyridine rings is 1. The highest BCUT2D eigenvalue weighted by Gasteiger charge is 2.08. The van der Waals surface area contributed by atoms with E-state index in [-0.39, 0.29) is 0 Å². The average molecular weight is 219 g/mol. The summed E-state index contributed by atoms with van der Waals surface area (Å²) in [5.74, 6) is 0.654. The zero-order valence-electron chi connectivity index (χ0n) is 9.20. The standard InChI is InChI=1S/C9H13N7/c1-15(6-9-12-14-16(2)13-9)8-3-4-11-5-7(8)10/h3-5H,6,10H2,1-2H3. The van der Waals surface area contributed by atoms with Gasteiger partial charge in [0.15, 0.2) is 5.82 Å². The van der Waals surface area contributed by atoms with Gasteiger partial charge in [-0.1, -0.05) is 0 Å². The second-order valence-electron chi connectivity index (χ2n) is 3.49. The zero-order valence-corrected chi connectivity index (χ0v) is 9.20. The number of anilines is 2. The minimum absolute atomic E-state index is 0.558. The van der Waals surface area contributed by atoms with Crippen LogP contribution in [-0.4, -0.2) is 32.2 Å². The minimum atomic E-state index is 0.558. The summed E-state index contributed by atoms with van der Waals surface area (Å²) in [6, 6.07) is 1.85. The maximum Gasteiger partial charge on any atom is 0.193 e. The molecule has 2 aromatic heterocycles. The molecule has 0 atom stereocenters. The molecule has 2 aromatic rings. The fourth-order valence-corrected chi connectivity index (χ4v) is 1.43. The Morgan fingerprint density at radius 2 is 2.31 bits per heavy atom. The number of hydrogen-bond donors (Lipinski definition) is 1. The molecular weight excluding hydrogens is 206 g/mol. The quantitative estimate of drug-likeness (QED) is 0.771. The number of rotatable bonds is 3. The lowest BCUT2D eigenvalue weighted by Gasteiger charge is -2.18. The number of tetrazole rings is 1. The second kappa shape index (κ2) is 4.13. The molecule has 7 nitrogen and oxygen atoms in total. The Balaban J connectivity index is 2.14. The Hall–Kier alpha value is -2.18. The molecule has 2 N–H and O–H groups in total. The molecule has 0 fully saturated rings. The monoisotopic (exact) mass is 219 g/mol. The summed E-state index contributed by atoms with van der Waals surface area (Å²) in [5.41, 5.74) is 7.35. The molecule has 0 radical (unpaired) electrons. The van der Waals surface area contributed by atoms with Crippen molar-refractivity contribution in [3.05, 3.63) is 24.3 Å². The third kappa shape index (κ3) is 2.08. The van der Waals surface area contributed by atoms with Crippen molar-refractivity contribution in [1.29, 1.82) is 0 Å². The fraction of sp³-hybridized carbons (Fsp3) is 0.333. The van der Waals surface area contributed by atoms with Crippen LogP contribution in [0.5, 0.6) is 0 Å². The van der Waals surface area contributed by atoms with E-state index in [4.69, 9.17) is 5.73 Å². The van der Waals surface area contributed by atoms with Crippen molar-refractivity contribution < 1.29 is 0 Å². The van der Waals surface area contributed by atoms with E-state index >= 15 is 0 Å². The van der Waals surface area contributed by atoms with Gasteiger partial charge in [0.1, 0.15) is 0 Å². The molecule has 84 valence electrons. The molecule has 2 heterocycles. The summed E-state index contributed by atoms with van der Waals surface area (Å²) in [6.07, 6.45) is 3.32. The second-order valence-corrected chi connectivity index (χ2v) is 3.49. The van der Waals surface area contributed by atoms with Crippen LogP contribution in [0.3, 0.4) is 0 Å². The molecule has 0 aromatic carbocycles. The van der Waals surface area contributed by atoms with Gasteiger partial charge in [0.2, 0.25) is 0 Å². The van der Waals surface area contributed by atoms with Crippen molar-refractivity contribution >= 4 is 11.4 Å². The molecule has 0 unspecified atom stereocenters. The third-order valence-electron chi connectivity index (χ3n) is 2.17. The van der Waals surface area contributed by atoms with Gasteiger partial charge in [-0.3, -0.25) is 4.98 Å². The van der Waals surface area contributed by atoms with E-state index in [1.54, 1.807) is 19.4 Å². The van der Waals surface area contributed by atoms with Crippen molar-refractivity contribution in [1.82, 2.24) is 25.2 Å². The van der Waals surface area contributed by atoms with E-state index < -0.39 is 0 Å². The van der Waals surface area contributed by atoms with Crippen LogP contribution in [0.2, 0.25) is 0 Å². The van der Waals surface area contributed by atoms with Crippen LogP contribution in [0.15, 0.2) is 18.5 Å². The maximum absolute atomic E-state index is 5.81. The van der Waals surface area contributed by atoms with E-state index in [1.165, 1.54) is 4.80 Å². The lowest BCUT2D eigenvalue weighted by molar-refractivity contribution is 0.627. The smallest absolute Gasteiger partial charge is 0.193 e. The first-order chi connectivity index (χ1) is 7.66. The highest BCUT2D eigenvalue weighted by atomic mass is 15.6. The van der Waals surface area contributed by atoms with Gasteiger partial charge in [-0.05, 0) is 11.3 Å². The zero-order chi connectivity index (χ0) is 11.5. The van der Waals surface area contributed by atoms with Crippen LogP contribution in [0.4, 0.5) is 11.4 Å². The lowest BCUT2D eigenvalue weighted by atomic mass is 10.3. The number of aromatic nitrogens is 5. The summed E-state index contributed by atoms with van der Waals surface area (Å²) >= 11 is 0. The maximum atomic E-state index is 5.81. The van der Waals surface area contributed by atoms with E-state index in [0.717, 1.165) is 5.69 Å². The van der Waals surface area contributed by atoms with Crippen molar-refractivity contribution in [3.8, 4) is 0 Å². The third-order valence-corrected chi connectivity index (χ3v) is 2.17. The minimum Gasteiger partial charge on any atom is -0.396 e. The summed E-state index contributed by atoms with van der Waals surface area (Å²) < 4.78 is 0. The highest BCUT2D eigenvalue weighted by Crippen LogP contribution is 2.20. The lowest BCUT2D eigenvalue weighted by Crippen LogP contribution is -2.18. The summed E-state index contributed by atoms with van der Waals surface area (Å²) in [6.45, 7) is 0.558. The first-order valence-corrected chi connectivity index (χ1v) is 4.80. The Morgan fingerprint density at radius 3 is 2.94 bits per heavy atom. The van der Waals surface area contributed by atoms with E-state index in [9.17, 15) is 0 Å². The van der Waals surface area contributed by atoms with Gasteiger partial charge in [-0.2, -0.15) is 4.80 Å². The number of nitrogen functional groups attached to an aromatic ring is 1. The first kappa shape index (κ1) is 10.3. The van der Waals surface area contributed by atoms with Gasteiger partial charge in [0.25, 0.3) is 0 Å². The predicted octanol–water partition coefficient (Wildman–Crippen LogP) is -0.176. The molecule has 16 heavy (non-hydrogen) atoms. The van der Waals surface area contributed by atoms with Crippen LogP contribution >= 0.6 is 0 Å². The van der Waals surface area contributed by atoms with Gasteiger partial charge >= 0.3 is 0 Å². The van der Waals surface area contributed by atoms with Crippen LogP contribution < -0.4 is 10.6 Å². The van der Waals surface area contributed by atoms with Gasteiger partial charge in [0.05, 0.1) is 31.2 Å². The van der Waals surface area contributed by atoms with Crippen LogP contribution in [0, 0.1) is 0 Å². The number of nitrogens with two attached hydrogens (primary N) is 1. The van der Waals surface area contributed by atoms with Gasteiger partial charge in [-0.15, -0.1) is 10.2 Å². The molecule has 7 heteroatoms. The number of aryl methyl sites for hydroxylation is 1. The van der Waals surface area contributed by atoms with Crippen LogP contribution in [-0.2, 0) is 13.6 Å². The molecule has 0 bridgehead atoms. The Morgan fingerprint density at radius 1 is 1.50 bits per heavy atom. The van der Waals surface area contributed by atoms with Gasteiger partial charge in [-0.25, -0.2) is 0 Å². The van der Waals surface area contributed by atoms with E-state index in [2.05, 4.69) is 20.4 Å². The molecule has 0 aliphatic carbocycles. The summed E-state index contributed by atoms with van der Waals surface area (Å²) in [4.78, 5) is 7.32. The first-order valence-electron chi connectivity index (χ1n) is 4.80. The van der Waals surface area contributed by atoms with Crippen molar-refractivity contribution in [2.24, 2.45) is 7.05 Å². The molecule has 0 amide bonds. The highest BCUT2D eigenvalue weighted by molar-refractivity contribution is 5.65. The van der Waals surface area contributed by atoms with Gasteiger partial charge in [0, 0.05) is 13.2 Å². The number of hydrogen-bond acceptors (Lipinski definition) is 6. The summed E-state index contributed by atoms with van der Waals surface area (Å²) in [5, 5.41) is 11.8. The van der Waals surface area contributed by atoms with E-state index in [0.29, 0.717) is 18.1 Å². The predicted molar refractivity (Wildman–Crippen MR) is 59.6 cm³/mol. The van der Waals surface area contributed by atoms with Gasteiger partial charge < -0.3 is 10.6 Å². The van der Waals surface area contributed by atoms with Crippen LogP contribution in [0.1, 0.15) is 5.82 Å². The topological polar surface area (TPSA) is 85.8 Å². The summed E-state index contributed by atoms with van der Waals surface area (Å²) in [7, 11) is 3.65. The average Bonchev–Trinajstić information content (AvgIpc) is 2.64. The molecule has 0 aliphatic heterocycles. The largest absolute Gasteiger partial charge is 0.396 e. The fourth-order valence-electron chi connectivity index (χ4n) is 1.43. The van der Waals surface area contributed by atoms with Crippen molar-refractivity contribution in [2.75, 3.05) is 17.7 Å².